The van der Waals surface area contributed by atoms with E-state index in [1.54, 1.807) is 0 Å². The van der Waals surface area contributed by atoms with Crippen molar-refractivity contribution < 1.29 is 38.2 Å². The third-order valence-electron chi connectivity index (χ3n) is 12.9. The second-order valence-electron chi connectivity index (χ2n) is 20.2. The predicted octanol–water partition coefficient (Wildman–Crippen LogP) is 14.9. The molecule has 0 aromatic carbocycles. The first kappa shape index (κ1) is 62.1. The molecule has 0 saturated carbocycles. The van der Waals surface area contributed by atoms with E-state index in [1.807, 2.05) is 21.1 Å². The number of allylic oxidation sites excluding steroid dienone is 2. The van der Waals surface area contributed by atoms with Crippen molar-refractivity contribution in [3.63, 3.8) is 0 Å². The van der Waals surface area contributed by atoms with Gasteiger partial charge in [-0.05, 0) is 38.5 Å². The fraction of sp³-hybridized carbons (Fsp3) is 0.911. The van der Waals surface area contributed by atoms with Crippen LogP contribution in [0.25, 0.3) is 0 Å². The molecule has 0 fully saturated rings. The van der Waals surface area contributed by atoms with Crippen LogP contribution >= 0.6 is 0 Å². The maximum Gasteiger partial charge on any atom is 0.306 e. The van der Waals surface area contributed by atoms with Crippen LogP contribution in [-0.2, 0) is 28.6 Å². The lowest BCUT2D eigenvalue weighted by atomic mass is 10.0. The smallest absolute Gasteiger partial charge is 0.306 e. The van der Waals surface area contributed by atoms with Crippen molar-refractivity contribution in [2.24, 2.45) is 0 Å². The molecule has 0 aliphatic carbocycles. The van der Waals surface area contributed by atoms with Crippen LogP contribution in [0.3, 0.4) is 0 Å². The highest BCUT2D eigenvalue weighted by molar-refractivity contribution is 5.70. The van der Waals surface area contributed by atoms with Gasteiger partial charge in [-0.25, -0.2) is 0 Å². The molecule has 0 N–H and O–H groups in total. The molecule has 64 heavy (non-hydrogen) atoms. The van der Waals surface area contributed by atoms with Gasteiger partial charge in [0.15, 0.2) is 6.10 Å². The van der Waals surface area contributed by atoms with Crippen molar-refractivity contribution >= 4 is 17.9 Å². The highest BCUT2D eigenvalue weighted by atomic mass is 16.6. The Kier molecular flexibility index (Phi) is 46.1. The van der Waals surface area contributed by atoms with Crippen molar-refractivity contribution in [1.29, 1.82) is 0 Å². The number of aliphatic carboxylic acids is 1. The maximum atomic E-state index is 12.8. The Morgan fingerprint density at radius 2 is 0.781 bits per heavy atom. The molecule has 8 nitrogen and oxygen atoms in total. The van der Waals surface area contributed by atoms with Gasteiger partial charge in [-0.1, -0.05) is 231 Å². The maximum absolute atomic E-state index is 12.8. The number of carboxylic acids is 1. The molecule has 0 aromatic heterocycles. The molecule has 0 amide bonds. The van der Waals surface area contributed by atoms with Gasteiger partial charge in [-0.15, -0.1) is 0 Å². The van der Waals surface area contributed by atoms with E-state index in [4.69, 9.17) is 14.2 Å². The Balaban J connectivity index is 4.16. The summed E-state index contributed by atoms with van der Waals surface area (Å²) in [6.07, 6.45) is 53.9. The number of nitrogens with zero attached hydrogens (tertiary/aromatic N) is 1. The number of quaternary nitrogens is 1. The second kappa shape index (κ2) is 47.6. The molecule has 2 atom stereocenters. The molecule has 378 valence electrons. The van der Waals surface area contributed by atoms with Gasteiger partial charge >= 0.3 is 11.9 Å². The number of esters is 2. The van der Waals surface area contributed by atoms with Gasteiger partial charge in [0.1, 0.15) is 12.6 Å². The molecule has 0 bridgehead atoms. The topological polar surface area (TPSA) is 102 Å². The molecule has 0 radical (unpaired) electrons. The van der Waals surface area contributed by atoms with Crippen molar-refractivity contribution in [2.75, 3.05) is 41.0 Å². The van der Waals surface area contributed by atoms with E-state index < -0.39 is 18.1 Å². The van der Waals surface area contributed by atoms with E-state index in [2.05, 4.69) is 26.0 Å². The molecular formula is C56H107NO7. The van der Waals surface area contributed by atoms with Gasteiger partial charge < -0.3 is 28.6 Å². The summed E-state index contributed by atoms with van der Waals surface area (Å²) >= 11 is 0. The summed E-state index contributed by atoms with van der Waals surface area (Å²) in [5.74, 6) is -1.72. The average Bonchev–Trinajstić information content (AvgIpc) is 3.26. The van der Waals surface area contributed by atoms with Gasteiger partial charge in [0.25, 0.3) is 0 Å². The van der Waals surface area contributed by atoms with Crippen molar-refractivity contribution in [2.45, 2.75) is 289 Å². The first-order valence-corrected chi connectivity index (χ1v) is 27.7. The molecule has 0 heterocycles. The lowest BCUT2D eigenvalue weighted by molar-refractivity contribution is -0.889. The van der Waals surface area contributed by atoms with Gasteiger partial charge in [0.05, 0.1) is 40.3 Å². The van der Waals surface area contributed by atoms with Crippen LogP contribution in [0.15, 0.2) is 12.2 Å². The lowest BCUT2D eigenvalue weighted by Crippen LogP contribution is -2.55. The monoisotopic (exact) mass is 906 g/mol. The van der Waals surface area contributed by atoms with Gasteiger partial charge in [0, 0.05) is 19.3 Å². The van der Waals surface area contributed by atoms with Crippen LogP contribution in [0.4, 0.5) is 0 Å². The number of hydrogen-bond donors (Lipinski definition) is 0. The number of hydrogen-bond acceptors (Lipinski definition) is 7. The molecule has 2 unspecified atom stereocenters. The molecule has 0 rings (SSSR count). The van der Waals surface area contributed by atoms with E-state index in [0.717, 1.165) is 38.5 Å². The largest absolute Gasteiger partial charge is 0.544 e. The Morgan fingerprint density at radius 3 is 1.12 bits per heavy atom. The van der Waals surface area contributed by atoms with E-state index >= 15 is 0 Å². The number of unbranched alkanes of at least 4 members (excludes halogenated alkanes) is 35. The van der Waals surface area contributed by atoms with E-state index in [-0.39, 0.29) is 42.7 Å². The molecule has 0 aromatic rings. The van der Waals surface area contributed by atoms with Crippen LogP contribution in [0.2, 0.25) is 0 Å². The standard InChI is InChI=1S/C56H107NO7/c1-6-8-10-12-14-16-18-20-22-24-26-27-28-29-31-32-34-36-38-40-42-44-46-54(58)63-51-52(50-62-49-48-53(56(60)61)57(3,4)5)64-55(59)47-45-43-41-39-37-35-33-30-25-23-21-19-17-15-13-11-9-7-2/h28-29,52-53H,6-27,30-51H2,1-5H3/b29-28+. The van der Waals surface area contributed by atoms with Crippen molar-refractivity contribution in [3.05, 3.63) is 12.2 Å². The number of carbonyl (C=O) groups excluding carboxylic acids is 3. The molecule has 0 aliphatic rings. The highest BCUT2D eigenvalue weighted by Crippen LogP contribution is 2.17. The average molecular weight is 906 g/mol. The summed E-state index contributed by atoms with van der Waals surface area (Å²) in [5, 5.41) is 11.7. The minimum absolute atomic E-state index is 0.0459. The number of carbonyl (C=O) groups is 3. The lowest BCUT2D eigenvalue weighted by Gasteiger charge is -2.34. The van der Waals surface area contributed by atoms with Gasteiger partial charge in [-0.2, -0.15) is 0 Å². The zero-order valence-electron chi connectivity index (χ0n) is 43.2. The zero-order chi connectivity index (χ0) is 47.0. The van der Waals surface area contributed by atoms with Crippen LogP contribution in [-0.4, -0.2) is 75.5 Å². The Hall–Kier alpha value is -1.93. The zero-order valence-corrected chi connectivity index (χ0v) is 43.2. The SMILES string of the molecule is CCCCCCCCCCCCC/C=C/CCCCCCCCCC(=O)OCC(COCCC(C(=O)[O-])[N+](C)(C)C)OC(=O)CCCCCCCCCCCCCCCCCCCC. The first-order valence-electron chi connectivity index (χ1n) is 27.7. The molecule has 8 heteroatoms. The van der Waals surface area contributed by atoms with Gasteiger partial charge in [0.2, 0.25) is 0 Å². The number of ether oxygens (including phenoxy) is 3. The number of carboxylic acid groups (broad SMARTS) is 1. The molecule has 0 aliphatic heterocycles. The summed E-state index contributed by atoms with van der Waals surface area (Å²) in [4.78, 5) is 37.1. The summed E-state index contributed by atoms with van der Waals surface area (Å²) in [6, 6.07) is -0.723. The summed E-state index contributed by atoms with van der Waals surface area (Å²) in [5.41, 5.74) is 0. The van der Waals surface area contributed by atoms with Crippen LogP contribution in [0.5, 0.6) is 0 Å². The first-order chi connectivity index (χ1) is 31.1. The van der Waals surface area contributed by atoms with Crippen LogP contribution < -0.4 is 5.11 Å². The summed E-state index contributed by atoms with van der Waals surface area (Å²) in [7, 11) is 5.43. The molecule has 0 saturated heterocycles. The number of rotatable bonds is 51. The minimum Gasteiger partial charge on any atom is -0.544 e. The van der Waals surface area contributed by atoms with Crippen molar-refractivity contribution in [3.8, 4) is 0 Å². The fourth-order valence-electron chi connectivity index (χ4n) is 8.60. The third kappa shape index (κ3) is 45.2. The quantitative estimate of drug-likeness (QED) is 0.0259. The van der Waals surface area contributed by atoms with E-state index in [9.17, 15) is 19.5 Å². The van der Waals surface area contributed by atoms with Crippen LogP contribution in [0, 0.1) is 0 Å². The summed E-state index contributed by atoms with van der Waals surface area (Å²) in [6.45, 7) is 4.72. The Morgan fingerprint density at radius 1 is 0.453 bits per heavy atom. The Bertz CT molecular complexity index is 1060. The second-order valence-corrected chi connectivity index (χ2v) is 20.2. The minimum atomic E-state index is -1.12. The van der Waals surface area contributed by atoms with E-state index in [1.165, 1.54) is 205 Å². The third-order valence-corrected chi connectivity index (χ3v) is 12.9. The van der Waals surface area contributed by atoms with Crippen LogP contribution in [0.1, 0.15) is 277 Å². The van der Waals surface area contributed by atoms with E-state index in [0.29, 0.717) is 12.8 Å². The highest BCUT2D eigenvalue weighted by Gasteiger charge is 2.25. The van der Waals surface area contributed by atoms with Crippen molar-refractivity contribution in [1.82, 2.24) is 0 Å². The van der Waals surface area contributed by atoms with Gasteiger partial charge in [-0.3, -0.25) is 9.59 Å². The number of likely N-dealkylation sites (N-methyl/N-ethyl adjacent to an activating group) is 1. The fourth-order valence-corrected chi connectivity index (χ4v) is 8.60. The molecule has 0 spiro atoms. The summed E-state index contributed by atoms with van der Waals surface area (Å²) < 4.78 is 17.3. The normalized spacial score (nSPS) is 12.8. The Labute approximate surface area is 397 Å². The predicted molar refractivity (Wildman–Crippen MR) is 268 cm³/mol. The molecular weight excluding hydrogens is 799 g/mol.